The molecule has 4 rings (SSSR count). The van der Waals surface area contributed by atoms with E-state index in [-0.39, 0.29) is 5.70 Å². The average molecular weight is 451 g/mol. The summed E-state index contributed by atoms with van der Waals surface area (Å²) in [6, 6.07) is 21.7. The number of benzene rings is 3. The molecule has 0 radical (unpaired) electrons. The number of imide groups is 1. The number of carbonyl (C=O) groups is 2. The van der Waals surface area contributed by atoms with Crippen LogP contribution in [0.25, 0.3) is 0 Å². The lowest BCUT2D eigenvalue weighted by Crippen LogP contribution is -2.32. The minimum atomic E-state index is -0.438. The minimum Gasteiger partial charge on any atom is -0.495 e. The van der Waals surface area contributed by atoms with Crippen LogP contribution in [0.4, 0.5) is 11.4 Å². The van der Waals surface area contributed by atoms with E-state index in [1.807, 2.05) is 43.3 Å². The van der Waals surface area contributed by atoms with Crippen molar-refractivity contribution in [3.63, 3.8) is 0 Å². The molecule has 0 saturated carbocycles. The molecule has 1 heterocycles. The quantitative estimate of drug-likeness (QED) is 0.492. The van der Waals surface area contributed by atoms with Crippen molar-refractivity contribution < 1.29 is 14.3 Å². The molecule has 2 amide bonds. The first-order chi connectivity index (χ1) is 15.0. The molecule has 0 aromatic heterocycles. The molecular formula is C24H19ClN2O3S. The molecule has 0 spiro atoms. The van der Waals surface area contributed by atoms with Gasteiger partial charge in [-0.15, -0.1) is 0 Å². The number of anilines is 2. The third-order valence-electron chi connectivity index (χ3n) is 4.72. The molecule has 7 heteroatoms. The highest BCUT2D eigenvalue weighted by atomic mass is 35.5. The Morgan fingerprint density at radius 2 is 1.58 bits per heavy atom. The summed E-state index contributed by atoms with van der Waals surface area (Å²) in [5.74, 6) is -0.410. The number of nitrogens with one attached hydrogen (secondary N) is 1. The molecule has 3 aromatic rings. The van der Waals surface area contributed by atoms with Crippen molar-refractivity contribution in [2.24, 2.45) is 0 Å². The fraction of sp³-hybridized carbons (Fsp3) is 0.0833. The SMILES string of the molecule is COc1ccccc1N1C(=O)C(Nc2ccc(C)cc2)=C(Sc2ccc(Cl)cc2)C1=O. The summed E-state index contributed by atoms with van der Waals surface area (Å²) in [5.41, 5.74) is 2.44. The van der Waals surface area contributed by atoms with Gasteiger partial charge in [-0.3, -0.25) is 9.59 Å². The summed E-state index contributed by atoms with van der Waals surface area (Å²) < 4.78 is 5.38. The van der Waals surface area contributed by atoms with Gasteiger partial charge in [0.25, 0.3) is 11.8 Å². The van der Waals surface area contributed by atoms with E-state index < -0.39 is 11.8 Å². The van der Waals surface area contributed by atoms with Gasteiger partial charge in [0.15, 0.2) is 0 Å². The Morgan fingerprint density at radius 1 is 0.903 bits per heavy atom. The van der Waals surface area contributed by atoms with E-state index in [4.69, 9.17) is 16.3 Å². The first kappa shape index (κ1) is 21.0. The summed E-state index contributed by atoms with van der Waals surface area (Å²) in [7, 11) is 1.51. The second-order valence-electron chi connectivity index (χ2n) is 6.87. The number of aryl methyl sites for hydroxylation is 1. The molecule has 0 bridgehead atoms. The van der Waals surface area contributed by atoms with Crippen LogP contribution in [-0.2, 0) is 9.59 Å². The number of methoxy groups -OCH3 is 1. The van der Waals surface area contributed by atoms with Crippen LogP contribution in [0.2, 0.25) is 5.02 Å². The first-order valence-corrected chi connectivity index (χ1v) is 10.7. The van der Waals surface area contributed by atoms with E-state index in [0.29, 0.717) is 21.4 Å². The number of halogens is 1. The zero-order valence-corrected chi connectivity index (χ0v) is 18.5. The number of rotatable bonds is 6. The molecular weight excluding hydrogens is 432 g/mol. The van der Waals surface area contributed by atoms with Gasteiger partial charge in [0.05, 0.1) is 12.8 Å². The lowest BCUT2D eigenvalue weighted by atomic mass is 10.2. The van der Waals surface area contributed by atoms with E-state index in [1.54, 1.807) is 36.4 Å². The number of thioether (sulfide) groups is 1. The highest BCUT2D eigenvalue weighted by Gasteiger charge is 2.41. The molecule has 31 heavy (non-hydrogen) atoms. The van der Waals surface area contributed by atoms with Gasteiger partial charge in [-0.05, 0) is 55.5 Å². The Kier molecular flexibility index (Phi) is 6.02. The number of nitrogens with zero attached hydrogens (tertiary/aromatic N) is 1. The Bertz CT molecular complexity index is 1100. The van der Waals surface area contributed by atoms with Gasteiger partial charge in [-0.2, -0.15) is 0 Å². The van der Waals surface area contributed by atoms with Crippen molar-refractivity contribution in [1.82, 2.24) is 0 Å². The van der Waals surface area contributed by atoms with Crippen molar-refractivity contribution in [2.45, 2.75) is 11.8 Å². The maximum absolute atomic E-state index is 13.4. The Hall–Kier alpha value is -3.22. The zero-order valence-electron chi connectivity index (χ0n) is 16.9. The van der Waals surface area contributed by atoms with Gasteiger partial charge in [0, 0.05) is 15.6 Å². The molecule has 156 valence electrons. The van der Waals surface area contributed by atoms with Gasteiger partial charge in [-0.25, -0.2) is 4.90 Å². The highest BCUT2D eigenvalue weighted by Crippen LogP contribution is 2.40. The van der Waals surface area contributed by atoms with Crippen LogP contribution in [0.1, 0.15) is 5.56 Å². The fourth-order valence-electron chi connectivity index (χ4n) is 3.15. The number of carbonyl (C=O) groups excluding carboxylic acids is 2. The van der Waals surface area contributed by atoms with Gasteiger partial charge < -0.3 is 10.1 Å². The Balaban J connectivity index is 1.76. The van der Waals surface area contributed by atoms with Crippen LogP contribution in [-0.4, -0.2) is 18.9 Å². The standard InChI is InChI=1S/C24H19ClN2O3S/c1-15-7-11-17(12-8-15)26-21-22(31-18-13-9-16(25)10-14-18)24(29)27(23(21)28)19-5-3-4-6-20(19)30-2/h3-14,26H,1-2H3. The number of ether oxygens (including phenoxy) is 1. The Labute approximate surface area is 189 Å². The van der Waals surface area contributed by atoms with Gasteiger partial charge in [0.1, 0.15) is 16.4 Å². The third kappa shape index (κ3) is 4.31. The smallest absolute Gasteiger partial charge is 0.283 e. The predicted molar refractivity (Wildman–Crippen MR) is 125 cm³/mol. The van der Waals surface area contributed by atoms with Crippen molar-refractivity contribution in [2.75, 3.05) is 17.3 Å². The molecule has 0 unspecified atom stereocenters. The van der Waals surface area contributed by atoms with Crippen molar-refractivity contribution in [1.29, 1.82) is 0 Å². The summed E-state index contributed by atoms with van der Waals surface area (Å²) >= 11 is 7.21. The predicted octanol–water partition coefficient (Wildman–Crippen LogP) is 5.65. The third-order valence-corrected chi connectivity index (χ3v) is 6.06. The van der Waals surface area contributed by atoms with Crippen LogP contribution in [0.15, 0.2) is 88.3 Å². The largest absolute Gasteiger partial charge is 0.495 e. The van der Waals surface area contributed by atoms with Crippen molar-refractivity contribution in [3.05, 3.63) is 94.0 Å². The van der Waals surface area contributed by atoms with Crippen LogP contribution in [0.5, 0.6) is 5.75 Å². The number of amides is 2. The van der Waals surface area contributed by atoms with Crippen LogP contribution >= 0.6 is 23.4 Å². The van der Waals surface area contributed by atoms with E-state index in [9.17, 15) is 9.59 Å². The zero-order chi connectivity index (χ0) is 22.0. The minimum absolute atomic E-state index is 0.222. The van der Waals surface area contributed by atoms with Crippen molar-refractivity contribution >= 4 is 46.6 Å². The molecule has 3 aromatic carbocycles. The van der Waals surface area contributed by atoms with Crippen LogP contribution < -0.4 is 15.0 Å². The summed E-state index contributed by atoms with van der Waals surface area (Å²) in [4.78, 5) is 29.1. The van der Waals surface area contributed by atoms with Crippen molar-refractivity contribution in [3.8, 4) is 5.75 Å². The number of para-hydroxylation sites is 2. The van der Waals surface area contributed by atoms with Gasteiger partial charge in [-0.1, -0.05) is 53.2 Å². The van der Waals surface area contributed by atoms with Crippen LogP contribution in [0.3, 0.4) is 0 Å². The second kappa shape index (κ2) is 8.88. The summed E-state index contributed by atoms with van der Waals surface area (Å²) in [6.07, 6.45) is 0. The topological polar surface area (TPSA) is 58.6 Å². The first-order valence-electron chi connectivity index (χ1n) is 9.51. The second-order valence-corrected chi connectivity index (χ2v) is 8.39. The molecule has 0 atom stereocenters. The number of hydrogen-bond acceptors (Lipinski definition) is 5. The Morgan fingerprint density at radius 3 is 2.26 bits per heavy atom. The molecule has 1 aliphatic heterocycles. The molecule has 1 N–H and O–H groups in total. The maximum Gasteiger partial charge on any atom is 0.283 e. The lowest BCUT2D eigenvalue weighted by Gasteiger charge is -2.18. The van der Waals surface area contributed by atoms with Crippen LogP contribution in [0, 0.1) is 6.92 Å². The summed E-state index contributed by atoms with van der Waals surface area (Å²) in [6.45, 7) is 1.98. The normalized spacial score (nSPS) is 13.7. The lowest BCUT2D eigenvalue weighted by molar-refractivity contribution is -0.120. The summed E-state index contributed by atoms with van der Waals surface area (Å²) in [5, 5.41) is 3.75. The molecule has 0 fully saturated rings. The van der Waals surface area contributed by atoms with E-state index in [0.717, 1.165) is 21.0 Å². The average Bonchev–Trinajstić information content (AvgIpc) is 3.00. The molecule has 1 aliphatic rings. The molecule has 5 nitrogen and oxygen atoms in total. The van der Waals surface area contributed by atoms with E-state index >= 15 is 0 Å². The molecule has 0 saturated heterocycles. The van der Waals surface area contributed by atoms with Gasteiger partial charge >= 0.3 is 0 Å². The highest BCUT2D eigenvalue weighted by molar-refractivity contribution is 8.04. The number of hydrogen-bond donors (Lipinski definition) is 1. The van der Waals surface area contributed by atoms with E-state index in [1.165, 1.54) is 18.9 Å². The molecule has 0 aliphatic carbocycles. The fourth-order valence-corrected chi connectivity index (χ4v) is 4.20. The maximum atomic E-state index is 13.4. The monoisotopic (exact) mass is 450 g/mol. The van der Waals surface area contributed by atoms with E-state index in [2.05, 4.69) is 5.32 Å². The van der Waals surface area contributed by atoms with Gasteiger partial charge in [0.2, 0.25) is 0 Å².